The first-order valence-corrected chi connectivity index (χ1v) is 5.85. The maximum Gasteiger partial charge on any atom is 0.142 e. The summed E-state index contributed by atoms with van der Waals surface area (Å²) < 4.78 is 27.2. The number of nitrogens with zero attached hydrogens (tertiary/aromatic N) is 1. The molecule has 2 rings (SSSR count). The summed E-state index contributed by atoms with van der Waals surface area (Å²) >= 11 is 0.873. The standard InChI is InChI=1S/C13H8F2N2S/c14-10-5-9(17)6-11(15)13(10)18-12-4-2-1-3-8(12)7-16/h1-6H,17H2. The fourth-order valence-electron chi connectivity index (χ4n) is 1.43. The van der Waals surface area contributed by atoms with Crippen LogP contribution in [0.15, 0.2) is 46.2 Å². The summed E-state index contributed by atoms with van der Waals surface area (Å²) in [5.74, 6) is -1.46. The average molecular weight is 262 g/mol. The van der Waals surface area contributed by atoms with Gasteiger partial charge in [0.2, 0.25) is 0 Å². The zero-order chi connectivity index (χ0) is 13.1. The first-order chi connectivity index (χ1) is 8.61. The maximum atomic E-state index is 13.6. The van der Waals surface area contributed by atoms with Crippen LogP contribution in [0.2, 0.25) is 0 Å². The van der Waals surface area contributed by atoms with Crippen LogP contribution in [0.1, 0.15) is 5.56 Å². The Morgan fingerprint density at radius 2 is 1.72 bits per heavy atom. The summed E-state index contributed by atoms with van der Waals surface area (Å²) in [6, 6.07) is 10.7. The molecule has 0 bridgehead atoms. The van der Waals surface area contributed by atoms with Gasteiger partial charge >= 0.3 is 0 Å². The summed E-state index contributed by atoms with van der Waals surface area (Å²) in [5, 5.41) is 8.91. The van der Waals surface area contributed by atoms with E-state index in [0.29, 0.717) is 10.5 Å². The van der Waals surface area contributed by atoms with E-state index >= 15 is 0 Å². The fraction of sp³-hybridized carbons (Fsp3) is 0. The van der Waals surface area contributed by atoms with Crippen LogP contribution < -0.4 is 5.73 Å². The highest BCUT2D eigenvalue weighted by atomic mass is 32.2. The number of nitrogens with two attached hydrogens (primary N) is 1. The second kappa shape index (κ2) is 5.07. The molecule has 2 aromatic rings. The van der Waals surface area contributed by atoms with E-state index in [1.165, 1.54) is 0 Å². The van der Waals surface area contributed by atoms with E-state index in [2.05, 4.69) is 0 Å². The first kappa shape index (κ1) is 12.4. The zero-order valence-electron chi connectivity index (χ0n) is 9.15. The van der Waals surface area contributed by atoms with Crippen molar-refractivity contribution in [3.05, 3.63) is 53.6 Å². The number of hydrogen-bond acceptors (Lipinski definition) is 3. The van der Waals surface area contributed by atoms with E-state index in [-0.39, 0.29) is 10.6 Å². The largest absolute Gasteiger partial charge is 0.399 e. The van der Waals surface area contributed by atoms with E-state index in [9.17, 15) is 8.78 Å². The van der Waals surface area contributed by atoms with Gasteiger partial charge in [-0.2, -0.15) is 5.26 Å². The molecule has 0 saturated carbocycles. The molecule has 0 saturated heterocycles. The summed E-state index contributed by atoms with van der Waals surface area (Å²) in [6.07, 6.45) is 0. The molecule has 18 heavy (non-hydrogen) atoms. The van der Waals surface area contributed by atoms with Gasteiger partial charge in [0, 0.05) is 10.6 Å². The van der Waals surface area contributed by atoms with Crippen LogP contribution in [0.4, 0.5) is 14.5 Å². The Morgan fingerprint density at radius 3 is 2.33 bits per heavy atom. The summed E-state index contributed by atoms with van der Waals surface area (Å²) in [5.41, 5.74) is 5.74. The van der Waals surface area contributed by atoms with Crippen LogP contribution in [0.25, 0.3) is 0 Å². The molecule has 0 atom stereocenters. The van der Waals surface area contributed by atoms with Gasteiger partial charge in [-0.1, -0.05) is 23.9 Å². The van der Waals surface area contributed by atoms with Crippen LogP contribution >= 0.6 is 11.8 Å². The predicted molar refractivity (Wildman–Crippen MR) is 66.1 cm³/mol. The minimum atomic E-state index is -0.731. The van der Waals surface area contributed by atoms with Gasteiger partial charge in [-0.25, -0.2) is 8.78 Å². The lowest BCUT2D eigenvalue weighted by atomic mass is 10.2. The second-order valence-electron chi connectivity index (χ2n) is 3.52. The molecule has 0 aliphatic rings. The monoisotopic (exact) mass is 262 g/mol. The SMILES string of the molecule is N#Cc1ccccc1Sc1c(F)cc(N)cc1F. The number of rotatable bonds is 2. The molecule has 0 aliphatic heterocycles. The van der Waals surface area contributed by atoms with E-state index < -0.39 is 11.6 Å². The molecule has 90 valence electrons. The topological polar surface area (TPSA) is 49.8 Å². The number of hydrogen-bond donors (Lipinski definition) is 1. The quantitative estimate of drug-likeness (QED) is 0.842. The molecule has 2 aromatic carbocycles. The predicted octanol–water partition coefficient (Wildman–Crippen LogP) is 3.57. The molecule has 0 aliphatic carbocycles. The third-order valence-corrected chi connectivity index (χ3v) is 3.41. The highest BCUT2D eigenvalue weighted by molar-refractivity contribution is 7.99. The average Bonchev–Trinajstić information content (AvgIpc) is 2.34. The van der Waals surface area contributed by atoms with Gasteiger partial charge in [-0.05, 0) is 24.3 Å². The van der Waals surface area contributed by atoms with Crippen LogP contribution in [-0.2, 0) is 0 Å². The molecular formula is C13H8F2N2S. The van der Waals surface area contributed by atoms with Gasteiger partial charge in [0.25, 0.3) is 0 Å². The first-order valence-electron chi connectivity index (χ1n) is 5.03. The Hall–Kier alpha value is -2.06. The van der Waals surface area contributed by atoms with Crippen LogP contribution in [-0.4, -0.2) is 0 Å². The number of halogens is 2. The molecule has 2 nitrogen and oxygen atoms in total. The van der Waals surface area contributed by atoms with Crippen molar-refractivity contribution in [3.63, 3.8) is 0 Å². The molecule has 0 spiro atoms. The number of nitrogen functional groups attached to an aromatic ring is 1. The number of benzene rings is 2. The van der Waals surface area contributed by atoms with Gasteiger partial charge in [0.1, 0.15) is 17.7 Å². The lowest BCUT2D eigenvalue weighted by Gasteiger charge is -2.07. The van der Waals surface area contributed by atoms with Crippen molar-refractivity contribution >= 4 is 17.4 Å². The van der Waals surface area contributed by atoms with Crippen molar-refractivity contribution in [1.29, 1.82) is 5.26 Å². The van der Waals surface area contributed by atoms with E-state index in [0.717, 1.165) is 23.9 Å². The molecule has 0 unspecified atom stereocenters. The van der Waals surface area contributed by atoms with Crippen molar-refractivity contribution < 1.29 is 8.78 Å². The van der Waals surface area contributed by atoms with Gasteiger partial charge < -0.3 is 5.73 Å². The summed E-state index contributed by atoms with van der Waals surface area (Å²) in [6.45, 7) is 0. The highest BCUT2D eigenvalue weighted by Crippen LogP contribution is 2.34. The Bertz CT molecular complexity index is 612. The van der Waals surface area contributed by atoms with Crippen LogP contribution in [0.5, 0.6) is 0 Å². The Labute approximate surface area is 107 Å². The van der Waals surface area contributed by atoms with Crippen molar-refractivity contribution in [2.75, 3.05) is 5.73 Å². The second-order valence-corrected chi connectivity index (χ2v) is 4.58. The van der Waals surface area contributed by atoms with Crippen molar-refractivity contribution in [3.8, 4) is 6.07 Å². The smallest absolute Gasteiger partial charge is 0.142 e. The molecular weight excluding hydrogens is 254 g/mol. The van der Waals surface area contributed by atoms with Crippen molar-refractivity contribution in [1.82, 2.24) is 0 Å². The molecule has 0 fully saturated rings. The maximum absolute atomic E-state index is 13.6. The van der Waals surface area contributed by atoms with E-state index in [1.807, 2.05) is 6.07 Å². The number of nitriles is 1. The highest BCUT2D eigenvalue weighted by Gasteiger charge is 2.13. The van der Waals surface area contributed by atoms with Gasteiger partial charge in [0.15, 0.2) is 0 Å². The Kier molecular flexibility index (Phi) is 3.49. The minimum Gasteiger partial charge on any atom is -0.399 e. The fourth-order valence-corrected chi connectivity index (χ4v) is 2.34. The Balaban J connectivity index is 2.44. The van der Waals surface area contributed by atoms with E-state index in [4.69, 9.17) is 11.0 Å². The molecule has 5 heteroatoms. The van der Waals surface area contributed by atoms with Crippen LogP contribution in [0, 0.1) is 23.0 Å². The molecule has 2 N–H and O–H groups in total. The van der Waals surface area contributed by atoms with Gasteiger partial charge in [0.05, 0.1) is 10.5 Å². The van der Waals surface area contributed by atoms with E-state index in [1.54, 1.807) is 24.3 Å². The molecule has 0 amide bonds. The van der Waals surface area contributed by atoms with Crippen LogP contribution in [0.3, 0.4) is 0 Å². The van der Waals surface area contributed by atoms with Crippen molar-refractivity contribution in [2.45, 2.75) is 9.79 Å². The third kappa shape index (κ3) is 2.44. The molecule has 0 heterocycles. The lowest BCUT2D eigenvalue weighted by Crippen LogP contribution is -1.93. The van der Waals surface area contributed by atoms with Crippen molar-refractivity contribution in [2.24, 2.45) is 0 Å². The normalized spacial score (nSPS) is 10.1. The molecule has 0 aromatic heterocycles. The minimum absolute atomic E-state index is 0.0305. The summed E-state index contributed by atoms with van der Waals surface area (Å²) in [4.78, 5) is 0.342. The number of anilines is 1. The third-order valence-electron chi connectivity index (χ3n) is 2.24. The Morgan fingerprint density at radius 1 is 1.11 bits per heavy atom. The molecule has 0 radical (unpaired) electrons. The lowest BCUT2D eigenvalue weighted by molar-refractivity contribution is 0.542. The van der Waals surface area contributed by atoms with Gasteiger partial charge in [-0.3, -0.25) is 0 Å². The summed E-state index contributed by atoms with van der Waals surface area (Å²) in [7, 11) is 0. The van der Waals surface area contributed by atoms with Gasteiger partial charge in [-0.15, -0.1) is 0 Å². The zero-order valence-corrected chi connectivity index (χ0v) is 9.97.